The van der Waals surface area contributed by atoms with Crippen LogP contribution in [0.25, 0.3) is 0 Å². The van der Waals surface area contributed by atoms with Crippen LogP contribution in [-0.2, 0) is 0 Å². The molecule has 3 nitrogen and oxygen atoms in total. The number of halogens is 2. The first-order valence-electron chi connectivity index (χ1n) is 3.69. The van der Waals surface area contributed by atoms with Crippen molar-refractivity contribution in [2.75, 3.05) is 26.2 Å². The van der Waals surface area contributed by atoms with E-state index in [-0.39, 0.29) is 26.1 Å². The van der Waals surface area contributed by atoms with Gasteiger partial charge < -0.3 is 5.11 Å². The second-order valence-corrected chi connectivity index (χ2v) is 2.32. The van der Waals surface area contributed by atoms with E-state index in [1.807, 2.05) is 6.07 Å². The van der Waals surface area contributed by atoms with Crippen molar-refractivity contribution in [2.24, 2.45) is 0 Å². The summed E-state index contributed by atoms with van der Waals surface area (Å²) in [5, 5.41) is 16.7. The van der Waals surface area contributed by atoms with Crippen molar-refractivity contribution < 1.29 is 13.9 Å². The van der Waals surface area contributed by atoms with Gasteiger partial charge in [0.15, 0.2) is 0 Å². The molecule has 0 unspecified atom stereocenters. The molecule has 12 heavy (non-hydrogen) atoms. The summed E-state index contributed by atoms with van der Waals surface area (Å²) in [7, 11) is 0. The van der Waals surface area contributed by atoms with Gasteiger partial charge in [-0.1, -0.05) is 0 Å². The molecule has 0 rings (SSSR count). The first kappa shape index (κ1) is 11.3. The summed E-state index contributed by atoms with van der Waals surface area (Å²) in [6.45, 7) is -0.0339. The molecule has 0 amide bonds. The van der Waals surface area contributed by atoms with E-state index in [0.717, 1.165) is 0 Å². The van der Waals surface area contributed by atoms with E-state index in [1.165, 1.54) is 4.90 Å². The molecule has 0 bridgehead atoms. The van der Waals surface area contributed by atoms with Crippen LogP contribution in [-0.4, -0.2) is 42.7 Å². The minimum atomic E-state index is -2.41. The number of hydrogen-bond acceptors (Lipinski definition) is 3. The number of hydrogen-bond donors (Lipinski definition) is 1. The van der Waals surface area contributed by atoms with Gasteiger partial charge in [0, 0.05) is 19.5 Å². The first-order valence-corrected chi connectivity index (χ1v) is 3.69. The Balaban J connectivity index is 3.63. The molecule has 0 aliphatic heterocycles. The van der Waals surface area contributed by atoms with Gasteiger partial charge in [-0.25, -0.2) is 8.78 Å². The maximum Gasteiger partial charge on any atom is 0.251 e. The van der Waals surface area contributed by atoms with Crippen LogP contribution in [0.15, 0.2) is 0 Å². The van der Waals surface area contributed by atoms with Crippen LogP contribution in [0.1, 0.15) is 6.42 Å². The lowest BCUT2D eigenvalue weighted by Gasteiger charge is -2.18. The number of rotatable bonds is 6. The zero-order valence-electron chi connectivity index (χ0n) is 6.71. The lowest BCUT2D eigenvalue weighted by molar-refractivity contribution is 0.0795. The molecule has 0 aliphatic rings. The van der Waals surface area contributed by atoms with Gasteiger partial charge in [0.2, 0.25) is 0 Å². The van der Waals surface area contributed by atoms with Crippen molar-refractivity contribution in [2.45, 2.75) is 12.8 Å². The van der Waals surface area contributed by atoms with Crippen LogP contribution in [0.2, 0.25) is 0 Å². The van der Waals surface area contributed by atoms with Crippen molar-refractivity contribution in [1.82, 2.24) is 4.90 Å². The van der Waals surface area contributed by atoms with E-state index in [1.54, 1.807) is 0 Å². The van der Waals surface area contributed by atoms with Crippen LogP contribution in [0.3, 0.4) is 0 Å². The summed E-state index contributed by atoms with van der Waals surface area (Å²) < 4.78 is 23.7. The fourth-order valence-electron chi connectivity index (χ4n) is 0.839. The van der Waals surface area contributed by atoms with Crippen LogP contribution >= 0.6 is 0 Å². The average Bonchev–Trinajstić information content (AvgIpc) is 2.00. The highest BCUT2D eigenvalue weighted by molar-refractivity contribution is 4.72. The second-order valence-electron chi connectivity index (χ2n) is 2.32. The quantitative estimate of drug-likeness (QED) is 0.642. The topological polar surface area (TPSA) is 47.3 Å². The predicted molar refractivity (Wildman–Crippen MR) is 39.8 cm³/mol. The standard InChI is InChI=1S/C7H12F2N2O/c8-7(9)6-11(4-5-12)3-1-2-10/h7,12H,1,3-6H2. The Kier molecular flexibility index (Phi) is 6.53. The predicted octanol–water partition coefficient (Wildman–Crippen LogP) is 0.459. The highest BCUT2D eigenvalue weighted by atomic mass is 19.3. The SMILES string of the molecule is N#CCCN(CCO)CC(F)F. The summed E-state index contributed by atoms with van der Waals surface area (Å²) in [4.78, 5) is 1.37. The maximum absolute atomic E-state index is 11.8. The number of aliphatic hydroxyl groups is 1. The number of aliphatic hydroxyl groups excluding tert-OH is 1. The molecule has 0 spiro atoms. The Hall–Kier alpha value is -0.730. The molecule has 0 atom stereocenters. The lowest BCUT2D eigenvalue weighted by Crippen LogP contribution is -2.32. The molecule has 0 saturated heterocycles. The molecular formula is C7H12F2N2O. The van der Waals surface area contributed by atoms with Gasteiger partial charge in [0.1, 0.15) is 0 Å². The van der Waals surface area contributed by atoms with Gasteiger partial charge >= 0.3 is 0 Å². The van der Waals surface area contributed by atoms with Gasteiger partial charge in [0.25, 0.3) is 6.43 Å². The highest BCUT2D eigenvalue weighted by Gasteiger charge is 2.10. The number of alkyl halides is 2. The molecule has 70 valence electrons. The van der Waals surface area contributed by atoms with Gasteiger partial charge in [-0.15, -0.1) is 0 Å². The summed E-state index contributed by atoms with van der Waals surface area (Å²) in [5.41, 5.74) is 0. The summed E-state index contributed by atoms with van der Waals surface area (Å²) in [6, 6.07) is 1.86. The zero-order valence-corrected chi connectivity index (χ0v) is 6.71. The molecule has 0 radical (unpaired) electrons. The molecule has 1 N–H and O–H groups in total. The molecule has 0 aliphatic carbocycles. The van der Waals surface area contributed by atoms with Crippen LogP contribution < -0.4 is 0 Å². The molecule has 0 heterocycles. The normalized spacial score (nSPS) is 10.7. The molecule has 0 fully saturated rings. The van der Waals surface area contributed by atoms with Gasteiger partial charge in [-0.2, -0.15) is 5.26 Å². The molecule has 0 aromatic carbocycles. The van der Waals surface area contributed by atoms with Gasteiger partial charge in [-0.05, 0) is 0 Å². The van der Waals surface area contributed by atoms with Crippen molar-refractivity contribution >= 4 is 0 Å². The average molecular weight is 178 g/mol. The molecule has 0 aromatic rings. The minimum Gasteiger partial charge on any atom is -0.395 e. The van der Waals surface area contributed by atoms with Crippen LogP contribution in [0.4, 0.5) is 8.78 Å². The molecule has 0 saturated carbocycles. The van der Waals surface area contributed by atoms with Crippen LogP contribution in [0, 0.1) is 11.3 Å². The Labute approximate surface area is 70.2 Å². The lowest BCUT2D eigenvalue weighted by atomic mass is 10.4. The minimum absolute atomic E-state index is 0.155. The fourth-order valence-corrected chi connectivity index (χ4v) is 0.839. The van der Waals surface area contributed by atoms with Crippen molar-refractivity contribution in [3.05, 3.63) is 0 Å². The number of nitriles is 1. The molecule has 0 aromatic heterocycles. The van der Waals surface area contributed by atoms with Crippen LogP contribution in [0.5, 0.6) is 0 Å². The van der Waals surface area contributed by atoms with E-state index in [9.17, 15) is 8.78 Å². The van der Waals surface area contributed by atoms with E-state index in [4.69, 9.17) is 10.4 Å². The zero-order chi connectivity index (χ0) is 9.40. The third-order valence-electron chi connectivity index (χ3n) is 1.35. The molecular weight excluding hydrogens is 166 g/mol. The van der Waals surface area contributed by atoms with Crippen molar-refractivity contribution in [1.29, 1.82) is 5.26 Å². The summed E-state index contributed by atoms with van der Waals surface area (Å²) in [6.07, 6.45) is -2.19. The van der Waals surface area contributed by atoms with E-state index < -0.39 is 6.43 Å². The Bertz CT molecular complexity index is 147. The second kappa shape index (κ2) is 6.95. The highest BCUT2D eigenvalue weighted by Crippen LogP contribution is 1.98. The monoisotopic (exact) mass is 178 g/mol. The summed E-state index contributed by atoms with van der Waals surface area (Å²) in [5.74, 6) is 0. The summed E-state index contributed by atoms with van der Waals surface area (Å²) >= 11 is 0. The van der Waals surface area contributed by atoms with Crippen molar-refractivity contribution in [3.63, 3.8) is 0 Å². The van der Waals surface area contributed by atoms with E-state index in [0.29, 0.717) is 6.54 Å². The maximum atomic E-state index is 11.8. The first-order chi connectivity index (χ1) is 5.70. The molecule has 5 heteroatoms. The fraction of sp³-hybridized carbons (Fsp3) is 0.857. The smallest absolute Gasteiger partial charge is 0.251 e. The third kappa shape index (κ3) is 6.01. The number of nitrogens with zero attached hydrogens (tertiary/aromatic N) is 2. The van der Waals surface area contributed by atoms with E-state index >= 15 is 0 Å². The Morgan fingerprint density at radius 3 is 2.50 bits per heavy atom. The Morgan fingerprint density at radius 1 is 1.42 bits per heavy atom. The largest absolute Gasteiger partial charge is 0.395 e. The van der Waals surface area contributed by atoms with Gasteiger partial charge in [-0.3, -0.25) is 4.90 Å². The van der Waals surface area contributed by atoms with Gasteiger partial charge in [0.05, 0.1) is 19.2 Å². The van der Waals surface area contributed by atoms with Crippen molar-refractivity contribution in [3.8, 4) is 6.07 Å². The Morgan fingerprint density at radius 2 is 2.08 bits per heavy atom. The third-order valence-corrected chi connectivity index (χ3v) is 1.35. The van der Waals surface area contributed by atoms with E-state index in [2.05, 4.69) is 0 Å².